The van der Waals surface area contributed by atoms with Gasteiger partial charge >= 0.3 is 0 Å². The molecule has 1 aliphatic heterocycles. The molecule has 1 aliphatic carbocycles. The van der Waals surface area contributed by atoms with E-state index in [0.29, 0.717) is 31.0 Å². The Morgan fingerprint density at radius 1 is 0.894 bits per heavy atom. The van der Waals surface area contributed by atoms with E-state index in [9.17, 15) is 9.59 Å². The number of nitrogens with zero attached hydrogens (tertiary/aromatic N) is 3. The second kappa shape index (κ2) is 11.8. The summed E-state index contributed by atoms with van der Waals surface area (Å²) in [5, 5.41) is 2.17. The summed E-state index contributed by atoms with van der Waals surface area (Å²) in [6.45, 7) is 3.41. The fraction of sp³-hybridized carbons (Fsp3) is 0.225. The molecule has 0 N–H and O–H groups in total. The van der Waals surface area contributed by atoms with Gasteiger partial charge in [0, 0.05) is 29.4 Å². The summed E-state index contributed by atoms with van der Waals surface area (Å²) in [7, 11) is 1.68. The fourth-order valence-electron chi connectivity index (χ4n) is 7.92. The van der Waals surface area contributed by atoms with Gasteiger partial charge in [0.15, 0.2) is 17.6 Å². The summed E-state index contributed by atoms with van der Waals surface area (Å²) >= 11 is 3.67. The average molecular weight is 686 g/mol. The van der Waals surface area contributed by atoms with Gasteiger partial charge in [-0.15, -0.1) is 0 Å². The van der Waals surface area contributed by atoms with Crippen LogP contribution in [0.25, 0.3) is 21.8 Å². The van der Waals surface area contributed by atoms with E-state index in [1.165, 1.54) is 11.1 Å². The van der Waals surface area contributed by atoms with Crippen LogP contribution in [0.5, 0.6) is 5.75 Å². The molecule has 2 atom stereocenters. The summed E-state index contributed by atoms with van der Waals surface area (Å²) in [4.78, 5) is 29.8. The Kier molecular flexibility index (Phi) is 7.44. The molecule has 2 heterocycles. The summed E-state index contributed by atoms with van der Waals surface area (Å²) in [6, 6.07) is 34.8. The molecule has 2 aliphatic rings. The van der Waals surface area contributed by atoms with E-state index in [0.717, 1.165) is 55.5 Å². The molecule has 0 fully saturated rings. The highest BCUT2D eigenvalue weighted by molar-refractivity contribution is 9.10. The van der Waals surface area contributed by atoms with Crippen molar-refractivity contribution < 1.29 is 18.9 Å². The number of methoxy groups -OCH3 is 1. The number of hydrogen-bond acceptors (Lipinski definition) is 3. The van der Waals surface area contributed by atoms with Crippen LogP contribution in [0.15, 0.2) is 108 Å². The molecule has 5 aromatic carbocycles. The minimum Gasteiger partial charge on any atom is -0.495 e. The third-order valence-corrected chi connectivity index (χ3v) is 10.6. The second-order valence-electron chi connectivity index (χ2n) is 12.7. The molecule has 6 nitrogen and oxygen atoms in total. The van der Waals surface area contributed by atoms with Gasteiger partial charge in [-0.3, -0.25) is 9.59 Å². The monoisotopic (exact) mass is 684 g/mol. The van der Waals surface area contributed by atoms with Gasteiger partial charge in [-0.25, -0.2) is 9.13 Å². The van der Waals surface area contributed by atoms with E-state index < -0.39 is 0 Å². The highest BCUT2D eigenvalue weighted by Gasteiger charge is 2.43. The van der Waals surface area contributed by atoms with E-state index in [1.54, 1.807) is 7.11 Å². The minimum atomic E-state index is 0.0546. The van der Waals surface area contributed by atoms with Crippen LogP contribution in [-0.2, 0) is 24.3 Å². The number of para-hydroxylation sites is 3. The first-order chi connectivity index (χ1) is 22.9. The van der Waals surface area contributed by atoms with Crippen LogP contribution in [0, 0.1) is 12.8 Å². The predicted octanol–water partition coefficient (Wildman–Crippen LogP) is 7.79. The lowest BCUT2D eigenvalue weighted by Crippen LogP contribution is -2.42. The maximum atomic E-state index is 14.2. The third-order valence-electron chi connectivity index (χ3n) is 10.1. The van der Waals surface area contributed by atoms with Crippen LogP contribution in [0.3, 0.4) is 0 Å². The Labute approximate surface area is 282 Å². The lowest BCUT2D eigenvalue weighted by atomic mass is 9.81. The number of carbonyl (C=O) groups excluding carboxylic acids is 2. The number of halogens is 1. The zero-order valence-corrected chi connectivity index (χ0v) is 28.0. The molecule has 0 saturated heterocycles. The van der Waals surface area contributed by atoms with E-state index in [1.807, 2.05) is 72.5 Å². The van der Waals surface area contributed by atoms with Gasteiger partial charge in [0.25, 0.3) is 5.82 Å². The number of imidazole rings is 1. The van der Waals surface area contributed by atoms with Gasteiger partial charge in [0.05, 0.1) is 25.8 Å². The number of hydrogen-bond donors (Lipinski definition) is 0. The highest BCUT2D eigenvalue weighted by Crippen LogP contribution is 2.52. The molecule has 0 saturated carbocycles. The number of fused-ring (bicyclic) bond motifs is 7. The topological polar surface area (TPSA) is 55.4 Å². The van der Waals surface area contributed by atoms with E-state index in [2.05, 4.69) is 67.5 Å². The average Bonchev–Trinajstić information content (AvgIpc) is 3.59. The minimum absolute atomic E-state index is 0.0546. The molecule has 1 amide bonds. The molecule has 0 radical (unpaired) electrons. The number of Topliss-reactive ketones (excluding diaryl/α,β-unsaturated/α-hetero) is 1. The third kappa shape index (κ3) is 5.04. The molecule has 0 spiro atoms. The summed E-state index contributed by atoms with van der Waals surface area (Å²) in [5.41, 5.74) is 7.41. The predicted molar refractivity (Wildman–Crippen MR) is 188 cm³/mol. The molecular weight excluding hydrogens is 650 g/mol. The first-order valence-corrected chi connectivity index (χ1v) is 17.0. The van der Waals surface area contributed by atoms with Gasteiger partial charge in [0.2, 0.25) is 11.7 Å². The first-order valence-electron chi connectivity index (χ1n) is 16.2. The van der Waals surface area contributed by atoms with Gasteiger partial charge in [0.1, 0.15) is 5.75 Å². The SMILES string of the molecule is COc1cccc2c1N(C(=O)CCn1c(C)[n+](CC(=O)c3ccc4ccccc4c3)c3ccccc31)C[C@@H]1Cc3ccc(Br)cc3[C@H]21. The number of benzene rings is 5. The Bertz CT molecular complexity index is 2220. The number of anilines is 1. The van der Waals surface area contributed by atoms with Crippen LogP contribution in [0.4, 0.5) is 5.69 Å². The highest BCUT2D eigenvalue weighted by atomic mass is 79.9. The summed E-state index contributed by atoms with van der Waals surface area (Å²) < 4.78 is 11.2. The molecule has 0 bridgehead atoms. The van der Waals surface area contributed by atoms with Crippen LogP contribution in [0.1, 0.15) is 45.2 Å². The summed E-state index contributed by atoms with van der Waals surface area (Å²) in [5.74, 6) is 2.33. The number of carbonyl (C=O) groups is 2. The van der Waals surface area contributed by atoms with Gasteiger partial charge in [-0.2, -0.15) is 0 Å². The largest absolute Gasteiger partial charge is 0.495 e. The number of rotatable bonds is 7. The smallest absolute Gasteiger partial charge is 0.254 e. The number of ketones is 1. The van der Waals surface area contributed by atoms with E-state index in [4.69, 9.17) is 4.74 Å². The van der Waals surface area contributed by atoms with Crippen LogP contribution in [-0.4, -0.2) is 29.9 Å². The number of ether oxygens (including phenoxy) is 1. The Morgan fingerprint density at radius 3 is 2.55 bits per heavy atom. The van der Waals surface area contributed by atoms with Crippen LogP contribution >= 0.6 is 15.9 Å². The molecule has 7 heteroatoms. The van der Waals surface area contributed by atoms with Crippen molar-refractivity contribution in [2.24, 2.45) is 5.92 Å². The van der Waals surface area contributed by atoms with Crippen molar-refractivity contribution >= 4 is 55.1 Å². The molecule has 8 rings (SSSR count). The number of aromatic nitrogens is 2. The standard InChI is InChI=1S/C40H35BrN3O3/c1-25-42(34-11-5-6-12-35(34)43(25)24-36(45)29-15-14-26-8-3-4-9-27(26)20-29)19-18-38(46)44-23-30-21-28-16-17-31(41)22-33(28)39(30)32-10-7-13-37(47-2)40(32)44/h3-17,20,22,30,39H,18-19,21,23-24H2,1-2H3/q+1/t30-,39-/m0/s1. The Morgan fingerprint density at radius 2 is 1.70 bits per heavy atom. The summed E-state index contributed by atoms with van der Waals surface area (Å²) in [6.07, 6.45) is 1.27. The molecule has 6 aromatic rings. The number of amides is 1. The Balaban J connectivity index is 1.08. The molecule has 1 aromatic heterocycles. The van der Waals surface area contributed by atoms with Crippen molar-refractivity contribution in [1.82, 2.24) is 4.57 Å². The molecular formula is C40H35BrN3O3+. The molecule has 234 valence electrons. The molecule has 47 heavy (non-hydrogen) atoms. The van der Waals surface area contributed by atoms with Gasteiger partial charge in [-0.1, -0.05) is 82.7 Å². The van der Waals surface area contributed by atoms with Gasteiger partial charge in [-0.05, 0) is 76.2 Å². The zero-order valence-electron chi connectivity index (χ0n) is 26.4. The van der Waals surface area contributed by atoms with Crippen molar-refractivity contribution in [3.8, 4) is 5.75 Å². The quantitative estimate of drug-likeness (QED) is 0.127. The fourth-order valence-corrected chi connectivity index (χ4v) is 8.30. The van der Waals surface area contributed by atoms with Crippen LogP contribution < -0.4 is 14.2 Å². The Hall–Kier alpha value is -4.75. The van der Waals surface area contributed by atoms with Crippen molar-refractivity contribution in [2.45, 2.75) is 38.8 Å². The maximum absolute atomic E-state index is 14.2. The lowest BCUT2D eigenvalue weighted by Gasteiger charge is -2.38. The van der Waals surface area contributed by atoms with Crippen molar-refractivity contribution in [3.63, 3.8) is 0 Å². The maximum Gasteiger partial charge on any atom is 0.254 e. The van der Waals surface area contributed by atoms with Crippen LogP contribution in [0.2, 0.25) is 0 Å². The lowest BCUT2D eigenvalue weighted by molar-refractivity contribution is -0.664. The van der Waals surface area contributed by atoms with Crippen molar-refractivity contribution in [3.05, 3.63) is 136 Å². The molecule has 0 unspecified atom stereocenters. The number of aryl methyl sites for hydroxylation is 1. The van der Waals surface area contributed by atoms with Gasteiger partial charge < -0.3 is 9.64 Å². The second-order valence-corrected chi connectivity index (χ2v) is 13.6. The normalized spacial score (nSPS) is 16.6. The van der Waals surface area contributed by atoms with Crippen molar-refractivity contribution in [1.29, 1.82) is 0 Å². The first kappa shape index (κ1) is 29.6. The van der Waals surface area contributed by atoms with E-state index >= 15 is 0 Å². The van der Waals surface area contributed by atoms with Crippen molar-refractivity contribution in [2.75, 3.05) is 18.6 Å². The zero-order chi connectivity index (χ0) is 32.2. The van der Waals surface area contributed by atoms with E-state index in [-0.39, 0.29) is 24.2 Å².